The number of esters is 2. The quantitative estimate of drug-likeness (QED) is 0.600. The number of hydrogen-bond donors (Lipinski definition) is 2. The number of carbonyl (C=O) groups excluding carboxylic acids is 3. The minimum atomic E-state index is -0.926. The SMILES string of the molecule is COC(=O)CCC(NC(=O)c1cc(C)c(N)c(C)c1)C(=O)OC. The number of hydrogen-bond acceptors (Lipinski definition) is 6. The number of carbonyl (C=O) groups is 3. The summed E-state index contributed by atoms with van der Waals surface area (Å²) < 4.78 is 9.19. The molecule has 23 heavy (non-hydrogen) atoms. The Morgan fingerprint density at radius 3 is 2.17 bits per heavy atom. The highest BCUT2D eigenvalue weighted by Gasteiger charge is 2.23. The molecule has 0 fully saturated rings. The van der Waals surface area contributed by atoms with Gasteiger partial charge in [-0.15, -0.1) is 0 Å². The van der Waals surface area contributed by atoms with E-state index in [2.05, 4.69) is 14.8 Å². The molecule has 1 atom stereocenters. The van der Waals surface area contributed by atoms with Crippen molar-refractivity contribution in [2.24, 2.45) is 0 Å². The van der Waals surface area contributed by atoms with Gasteiger partial charge in [0.15, 0.2) is 0 Å². The molecule has 1 aromatic rings. The fourth-order valence-electron chi connectivity index (χ4n) is 2.10. The zero-order chi connectivity index (χ0) is 17.6. The number of nitrogens with one attached hydrogen (secondary N) is 1. The number of nitrogens with two attached hydrogens (primary N) is 1. The van der Waals surface area contributed by atoms with Gasteiger partial charge in [0.25, 0.3) is 5.91 Å². The number of amides is 1. The third kappa shape index (κ3) is 4.98. The molecule has 7 nitrogen and oxygen atoms in total. The van der Waals surface area contributed by atoms with E-state index < -0.39 is 23.9 Å². The van der Waals surface area contributed by atoms with Crippen molar-refractivity contribution in [1.29, 1.82) is 0 Å². The predicted molar refractivity (Wildman–Crippen MR) is 84.8 cm³/mol. The Kier molecular flexibility index (Phi) is 6.56. The molecular formula is C16H22N2O5. The minimum Gasteiger partial charge on any atom is -0.469 e. The highest BCUT2D eigenvalue weighted by Crippen LogP contribution is 2.18. The van der Waals surface area contributed by atoms with Gasteiger partial charge in [0.2, 0.25) is 0 Å². The summed E-state index contributed by atoms with van der Waals surface area (Å²) in [5, 5.41) is 2.58. The Morgan fingerprint density at radius 2 is 1.70 bits per heavy atom. The average Bonchev–Trinajstić information content (AvgIpc) is 2.54. The molecule has 0 aliphatic heterocycles. The largest absolute Gasteiger partial charge is 0.469 e. The summed E-state index contributed by atoms with van der Waals surface area (Å²) in [6.07, 6.45) is 0.0916. The van der Waals surface area contributed by atoms with Gasteiger partial charge < -0.3 is 20.5 Å². The monoisotopic (exact) mass is 322 g/mol. The average molecular weight is 322 g/mol. The molecule has 0 heterocycles. The summed E-state index contributed by atoms with van der Waals surface area (Å²) in [6, 6.07) is 2.36. The summed E-state index contributed by atoms with van der Waals surface area (Å²) in [5.41, 5.74) is 8.43. The lowest BCUT2D eigenvalue weighted by molar-refractivity contribution is -0.144. The summed E-state index contributed by atoms with van der Waals surface area (Å²) in [4.78, 5) is 35.3. The van der Waals surface area contributed by atoms with Crippen LogP contribution < -0.4 is 11.1 Å². The van der Waals surface area contributed by atoms with E-state index in [1.165, 1.54) is 14.2 Å². The lowest BCUT2D eigenvalue weighted by Gasteiger charge is -2.17. The van der Waals surface area contributed by atoms with Gasteiger partial charge in [0.1, 0.15) is 6.04 Å². The maximum Gasteiger partial charge on any atom is 0.328 e. The number of rotatable bonds is 6. The predicted octanol–water partition coefficient (Wildman–Crippen LogP) is 1.11. The second-order valence-corrected chi connectivity index (χ2v) is 5.19. The van der Waals surface area contributed by atoms with Crippen molar-refractivity contribution in [1.82, 2.24) is 5.32 Å². The van der Waals surface area contributed by atoms with Crippen LogP contribution in [0.5, 0.6) is 0 Å². The summed E-state index contributed by atoms with van der Waals surface area (Å²) in [7, 11) is 2.48. The molecule has 0 saturated carbocycles. The van der Waals surface area contributed by atoms with Gasteiger partial charge in [-0.05, 0) is 43.5 Å². The first-order valence-electron chi connectivity index (χ1n) is 7.12. The van der Waals surface area contributed by atoms with Crippen molar-refractivity contribution in [2.45, 2.75) is 32.7 Å². The van der Waals surface area contributed by atoms with E-state index in [0.29, 0.717) is 11.3 Å². The molecule has 0 saturated heterocycles. The molecule has 1 amide bonds. The van der Waals surface area contributed by atoms with Crippen molar-refractivity contribution < 1.29 is 23.9 Å². The molecule has 0 aromatic heterocycles. The standard InChI is InChI=1S/C16H22N2O5/c1-9-7-11(8-10(2)14(9)17)15(20)18-12(16(21)23-4)5-6-13(19)22-3/h7-8,12H,5-6,17H2,1-4H3,(H,18,20). The number of methoxy groups -OCH3 is 2. The fraction of sp³-hybridized carbons (Fsp3) is 0.438. The number of anilines is 1. The maximum absolute atomic E-state index is 12.3. The zero-order valence-electron chi connectivity index (χ0n) is 13.8. The van der Waals surface area contributed by atoms with Gasteiger partial charge in [-0.2, -0.15) is 0 Å². The van der Waals surface area contributed by atoms with E-state index >= 15 is 0 Å². The topological polar surface area (TPSA) is 108 Å². The van der Waals surface area contributed by atoms with E-state index in [9.17, 15) is 14.4 Å². The summed E-state index contributed by atoms with van der Waals surface area (Å²) >= 11 is 0. The molecule has 1 aromatic carbocycles. The van der Waals surface area contributed by atoms with Crippen LogP contribution in [0.2, 0.25) is 0 Å². The molecule has 1 rings (SSSR count). The van der Waals surface area contributed by atoms with E-state index in [1.807, 2.05) is 0 Å². The second-order valence-electron chi connectivity index (χ2n) is 5.19. The second kappa shape index (κ2) is 8.17. The Balaban J connectivity index is 2.88. The number of benzene rings is 1. The highest BCUT2D eigenvalue weighted by atomic mass is 16.5. The lowest BCUT2D eigenvalue weighted by atomic mass is 10.0. The van der Waals surface area contributed by atoms with Crippen LogP contribution in [0.25, 0.3) is 0 Å². The molecule has 126 valence electrons. The van der Waals surface area contributed by atoms with Crippen LogP contribution in [0, 0.1) is 13.8 Å². The number of ether oxygens (including phenoxy) is 2. The molecule has 7 heteroatoms. The van der Waals surface area contributed by atoms with Crippen LogP contribution in [-0.4, -0.2) is 38.1 Å². The van der Waals surface area contributed by atoms with Crippen LogP contribution in [0.15, 0.2) is 12.1 Å². The normalized spacial score (nSPS) is 11.5. The van der Waals surface area contributed by atoms with Crippen molar-refractivity contribution in [3.63, 3.8) is 0 Å². The van der Waals surface area contributed by atoms with Gasteiger partial charge in [0.05, 0.1) is 14.2 Å². The summed E-state index contributed by atoms with van der Waals surface area (Å²) in [6.45, 7) is 3.60. The molecule has 1 unspecified atom stereocenters. The van der Waals surface area contributed by atoms with E-state index in [1.54, 1.807) is 26.0 Å². The lowest BCUT2D eigenvalue weighted by Crippen LogP contribution is -2.42. The minimum absolute atomic E-state index is 0.00363. The first kappa shape index (κ1) is 18.5. The molecule has 0 spiro atoms. The van der Waals surface area contributed by atoms with Crippen molar-refractivity contribution in [3.05, 3.63) is 28.8 Å². The van der Waals surface area contributed by atoms with Crippen LogP contribution in [-0.2, 0) is 19.1 Å². The van der Waals surface area contributed by atoms with Gasteiger partial charge in [-0.3, -0.25) is 9.59 Å². The third-order valence-electron chi connectivity index (χ3n) is 3.51. The van der Waals surface area contributed by atoms with Crippen molar-refractivity contribution in [2.75, 3.05) is 20.0 Å². The molecule has 0 aliphatic carbocycles. The first-order valence-corrected chi connectivity index (χ1v) is 7.12. The highest BCUT2D eigenvalue weighted by molar-refractivity contribution is 5.97. The van der Waals surface area contributed by atoms with Gasteiger partial charge in [-0.25, -0.2) is 4.79 Å². The van der Waals surface area contributed by atoms with Crippen molar-refractivity contribution in [3.8, 4) is 0 Å². The Labute approximate surface area is 135 Å². The molecule has 0 bridgehead atoms. The van der Waals surface area contributed by atoms with Crippen LogP contribution in [0.3, 0.4) is 0 Å². The Hall–Kier alpha value is -2.57. The summed E-state index contributed by atoms with van der Waals surface area (Å²) in [5.74, 6) is -1.52. The number of nitrogen functional groups attached to an aromatic ring is 1. The van der Waals surface area contributed by atoms with Crippen molar-refractivity contribution >= 4 is 23.5 Å². The van der Waals surface area contributed by atoms with E-state index in [4.69, 9.17) is 5.73 Å². The van der Waals surface area contributed by atoms with Gasteiger partial charge >= 0.3 is 11.9 Å². The molecular weight excluding hydrogens is 300 g/mol. The number of aryl methyl sites for hydroxylation is 2. The fourth-order valence-corrected chi connectivity index (χ4v) is 2.10. The van der Waals surface area contributed by atoms with Crippen LogP contribution >= 0.6 is 0 Å². The molecule has 3 N–H and O–H groups in total. The smallest absolute Gasteiger partial charge is 0.328 e. The molecule has 0 radical (unpaired) electrons. The first-order chi connectivity index (χ1) is 10.8. The van der Waals surface area contributed by atoms with Crippen LogP contribution in [0.1, 0.15) is 34.3 Å². The third-order valence-corrected chi connectivity index (χ3v) is 3.51. The maximum atomic E-state index is 12.3. The Morgan fingerprint density at radius 1 is 1.13 bits per heavy atom. The van der Waals surface area contributed by atoms with Gasteiger partial charge in [0, 0.05) is 17.7 Å². The van der Waals surface area contributed by atoms with Gasteiger partial charge in [-0.1, -0.05) is 0 Å². The zero-order valence-corrected chi connectivity index (χ0v) is 13.8. The van der Waals surface area contributed by atoms with E-state index in [-0.39, 0.29) is 12.8 Å². The Bertz CT molecular complexity index is 589. The molecule has 0 aliphatic rings. The van der Waals surface area contributed by atoms with E-state index in [0.717, 1.165) is 11.1 Å². The van der Waals surface area contributed by atoms with Crippen LogP contribution in [0.4, 0.5) is 5.69 Å².